The van der Waals surface area contributed by atoms with E-state index in [9.17, 15) is 19.7 Å². The van der Waals surface area contributed by atoms with Crippen LogP contribution < -0.4 is 0 Å². The van der Waals surface area contributed by atoms with Gasteiger partial charge in [0.2, 0.25) is 0 Å². The predicted octanol–water partition coefficient (Wildman–Crippen LogP) is 2.77. The molecule has 6 heteroatoms. The molecule has 1 aromatic carbocycles. The molecule has 1 aliphatic heterocycles. The average molecular weight is 276 g/mol. The molecule has 20 heavy (non-hydrogen) atoms. The van der Waals surface area contributed by atoms with Gasteiger partial charge in [0, 0.05) is 18.7 Å². The van der Waals surface area contributed by atoms with Gasteiger partial charge in [0.25, 0.3) is 17.5 Å². The summed E-state index contributed by atoms with van der Waals surface area (Å²) in [7, 11) is 0. The highest BCUT2D eigenvalue weighted by molar-refractivity contribution is 6.21. The van der Waals surface area contributed by atoms with Crippen molar-refractivity contribution in [2.75, 3.05) is 6.54 Å². The number of fused-ring (bicyclic) bond motifs is 1. The maximum absolute atomic E-state index is 12.1. The van der Waals surface area contributed by atoms with E-state index >= 15 is 0 Å². The smallest absolute Gasteiger partial charge is 0.270 e. The van der Waals surface area contributed by atoms with Crippen molar-refractivity contribution in [1.29, 1.82) is 0 Å². The Morgan fingerprint density at radius 1 is 1.10 bits per heavy atom. The van der Waals surface area contributed by atoms with E-state index in [0.717, 1.165) is 25.7 Å². The lowest BCUT2D eigenvalue weighted by Gasteiger charge is -2.13. The van der Waals surface area contributed by atoms with Crippen LogP contribution in [0.1, 0.15) is 53.3 Å². The number of hydrogen-bond acceptors (Lipinski definition) is 4. The summed E-state index contributed by atoms with van der Waals surface area (Å²) in [6.45, 7) is 2.46. The summed E-state index contributed by atoms with van der Waals surface area (Å²) in [4.78, 5) is 35.5. The lowest BCUT2D eigenvalue weighted by atomic mass is 10.1. The van der Waals surface area contributed by atoms with Crippen LogP contribution in [0, 0.1) is 10.1 Å². The molecule has 2 amide bonds. The van der Waals surface area contributed by atoms with Crippen LogP contribution in [0.3, 0.4) is 0 Å². The van der Waals surface area contributed by atoms with Crippen LogP contribution in [-0.2, 0) is 0 Å². The summed E-state index contributed by atoms with van der Waals surface area (Å²) in [5, 5.41) is 10.7. The summed E-state index contributed by atoms with van der Waals surface area (Å²) in [6, 6.07) is 3.80. The minimum atomic E-state index is -0.568. The number of carbonyl (C=O) groups is 2. The van der Waals surface area contributed by atoms with Gasteiger partial charge in [-0.1, -0.05) is 26.2 Å². The average Bonchev–Trinajstić information content (AvgIpc) is 2.67. The first-order valence-corrected chi connectivity index (χ1v) is 6.71. The van der Waals surface area contributed by atoms with Gasteiger partial charge in [-0.25, -0.2) is 0 Å². The number of amides is 2. The molecule has 1 aromatic rings. The zero-order valence-corrected chi connectivity index (χ0v) is 11.3. The third kappa shape index (κ3) is 2.54. The van der Waals surface area contributed by atoms with E-state index in [1.165, 1.54) is 23.1 Å². The standard InChI is InChI=1S/C14H16N2O4/c1-2-3-4-5-8-15-13(17)11-7-6-10(16(19)20)9-12(11)14(15)18/h6-7,9H,2-5,8H2,1H3. The Balaban J connectivity index is 2.15. The molecule has 0 atom stereocenters. The van der Waals surface area contributed by atoms with Gasteiger partial charge in [0.15, 0.2) is 0 Å². The molecule has 0 saturated carbocycles. The first-order chi connectivity index (χ1) is 9.56. The quantitative estimate of drug-likeness (QED) is 0.346. The molecule has 0 bridgehead atoms. The Labute approximate surface area is 116 Å². The monoisotopic (exact) mass is 276 g/mol. The Hall–Kier alpha value is -2.24. The van der Waals surface area contributed by atoms with Crippen molar-refractivity contribution in [3.63, 3.8) is 0 Å². The molecule has 0 unspecified atom stereocenters. The highest BCUT2D eigenvalue weighted by atomic mass is 16.6. The molecule has 0 aromatic heterocycles. The first-order valence-electron chi connectivity index (χ1n) is 6.71. The summed E-state index contributed by atoms with van der Waals surface area (Å²) in [5.41, 5.74) is 0.230. The van der Waals surface area contributed by atoms with E-state index in [2.05, 4.69) is 6.92 Å². The van der Waals surface area contributed by atoms with Crippen molar-refractivity contribution >= 4 is 17.5 Å². The summed E-state index contributed by atoms with van der Waals surface area (Å²) < 4.78 is 0. The van der Waals surface area contributed by atoms with E-state index in [0.29, 0.717) is 6.54 Å². The normalized spacial score (nSPS) is 13.8. The zero-order valence-electron chi connectivity index (χ0n) is 11.3. The number of nitro groups is 1. The van der Waals surface area contributed by atoms with Crippen molar-refractivity contribution in [2.45, 2.75) is 32.6 Å². The molecule has 0 fully saturated rings. The second-order valence-electron chi connectivity index (χ2n) is 4.81. The van der Waals surface area contributed by atoms with E-state index in [4.69, 9.17) is 0 Å². The van der Waals surface area contributed by atoms with Crippen LogP contribution in [0.2, 0.25) is 0 Å². The SMILES string of the molecule is CCCCCCN1C(=O)c2ccc([N+](=O)[O-])cc2C1=O. The van der Waals surface area contributed by atoms with E-state index in [1.54, 1.807) is 0 Å². The molecule has 0 spiro atoms. The van der Waals surface area contributed by atoms with Crippen molar-refractivity contribution in [1.82, 2.24) is 4.90 Å². The number of rotatable bonds is 6. The Morgan fingerprint density at radius 3 is 2.45 bits per heavy atom. The van der Waals surface area contributed by atoms with Crippen molar-refractivity contribution < 1.29 is 14.5 Å². The number of benzene rings is 1. The van der Waals surface area contributed by atoms with Gasteiger partial charge < -0.3 is 0 Å². The number of imide groups is 1. The van der Waals surface area contributed by atoms with E-state index < -0.39 is 10.8 Å². The van der Waals surface area contributed by atoms with E-state index in [1.807, 2.05) is 0 Å². The molecule has 1 aliphatic rings. The molecular weight excluding hydrogens is 260 g/mol. The maximum atomic E-state index is 12.1. The lowest BCUT2D eigenvalue weighted by molar-refractivity contribution is -0.384. The van der Waals surface area contributed by atoms with Crippen LogP contribution in [-0.4, -0.2) is 28.2 Å². The Morgan fingerprint density at radius 2 is 1.80 bits per heavy atom. The molecule has 0 saturated heterocycles. The van der Waals surface area contributed by atoms with Crippen LogP contribution >= 0.6 is 0 Å². The van der Waals surface area contributed by atoms with Crippen LogP contribution in [0.25, 0.3) is 0 Å². The zero-order chi connectivity index (χ0) is 14.7. The van der Waals surface area contributed by atoms with Gasteiger partial charge in [-0.05, 0) is 12.5 Å². The molecule has 1 heterocycles. The highest BCUT2D eigenvalue weighted by Crippen LogP contribution is 2.27. The van der Waals surface area contributed by atoms with E-state index in [-0.39, 0.29) is 22.7 Å². The minimum absolute atomic E-state index is 0.139. The minimum Gasteiger partial charge on any atom is -0.274 e. The van der Waals surface area contributed by atoms with Gasteiger partial charge in [-0.15, -0.1) is 0 Å². The largest absolute Gasteiger partial charge is 0.274 e. The number of nitrogens with zero attached hydrogens (tertiary/aromatic N) is 2. The Kier molecular flexibility index (Phi) is 4.12. The molecule has 0 aliphatic carbocycles. The third-order valence-electron chi connectivity index (χ3n) is 3.40. The highest BCUT2D eigenvalue weighted by Gasteiger charge is 2.36. The molecule has 6 nitrogen and oxygen atoms in total. The first kappa shape index (κ1) is 14.2. The van der Waals surface area contributed by atoms with Gasteiger partial charge in [-0.2, -0.15) is 0 Å². The molecule has 2 rings (SSSR count). The molecule has 0 radical (unpaired) electrons. The van der Waals surface area contributed by atoms with Crippen LogP contribution in [0.4, 0.5) is 5.69 Å². The van der Waals surface area contributed by atoms with Crippen LogP contribution in [0.15, 0.2) is 18.2 Å². The topological polar surface area (TPSA) is 80.5 Å². The van der Waals surface area contributed by atoms with Gasteiger partial charge >= 0.3 is 0 Å². The van der Waals surface area contributed by atoms with Crippen molar-refractivity contribution in [2.24, 2.45) is 0 Å². The van der Waals surface area contributed by atoms with Crippen LogP contribution in [0.5, 0.6) is 0 Å². The second-order valence-corrected chi connectivity index (χ2v) is 4.81. The van der Waals surface area contributed by atoms with Gasteiger partial charge in [0.05, 0.1) is 16.1 Å². The molecule has 0 N–H and O–H groups in total. The second kappa shape index (κ2) is 5.81. The number of unbranched alkanes of at least 4 members (excludes halogenated alkanes) is 3. The fourth-order valence-electron chi connectivity index (χ4n) is 2.29. The number of nitro benzene ring substituents is 1. The number of non-ortho nitro benzene ring substituents is 1. The fourth-order valence-corrected chi connectivity index (χ4v) is 2.29. The van der Waals surface area contributed by atoms with Gasteiger partial charge in [-0.3, -0.25) is 24.6 Å². The maximum Gasteiger partial charge on any atom is 0.270 e. The number of hydrogen-bond donors (Lipinski definition) is 0. The number of carbonyl (C=O) groups excluding carboxylic acids is 2. The van der Waals surface area contributed by atoms with Crippen molar-refractivity contribution in [3.8, 4) is 0 Å². The summed E-state index contributed by atoms with van der Waals surface area (Å²) in [5.74, 6) is -0.776. The lowest BCUT2D eigenvalue weighted by Crippen LogP contribution is -2.30. The Bertz CT molecular complexity index is 568. The van der Waals surface area contributed by atoms with Gasteiger partial charge in [0.1, 0.15) is 0 Å². The summed E-state index contributed by atoms with van der Waals surface area (Å²) in [6.07, 6.45) is 3.87. The third-order valence-corrected chi connectivity index (χ3v) is 3.40. The fraction of sp³-hybridized carbons (Fsp3) is 0.429. The molecule has 106 valence electrons. The summed E-state index contributed by atoms with van der Waals surface area (Å²) >= 11 is 0. The predicted molar refractivity (Wildman–Crippen MR) is 72.6 cm³/mol. The molecular formula is C14H16N2O4. The van der Waals surface area contributed by atoms with Crippen molar-refractivity contribution in [3.05, 3.63) is 39.4 Å².